The van der Waals surface area contributed by atoms with Crippen LogP contribution in [0.15, 0.2) is 48.6 Å². The molecule has 0 radical (unpaired) electrons. The molecule has 164 valence electrons. The van der Waals surface area contributed by atoms with Crippen molar-refractivity contribution in [3.05, 3.63) is 59.7 Å². The fourth-order valence-electron chi connectivity index (χ4n) is 2.70. The zero-order valence-corrected chi connectivity index (χ0v) is 17.4. The molecule has 0 saturated heterocycles. The summed E-state index contributed by atoms with van der Waals surface area (Å²) in [7, 11) is 3.54. The lowest BCUT2D eigenvalue weighted by atomic mass is 10.1. The average Bonchev–Trinajstić information content (AvgIpc) is 2.76. The highest BCUT2D eigenvalue weighted by Crippen LogP contribution is 2.27. The van der Waals surface area contributed by atoms with Gasteiger partial charge in [0.05, 0.1) is 24.6 Å². The maximum absolute atomic E-state index is 10.6. The Labute approximate surface area is 180 Å². The molecule has 0 aromatic heterocycles. The highest BCUT2D eigenvalue weighted by Gasteiger charge is 2.06. The molecule has 0 aliphatic heterocycles. The first-order chi connectivity index (χ1) is 14.9. The molecule has 0 bridgehead atoms. The first-order valence-electron chi connectivity index (χ1n) is 9.64. The van der Waals surface area contributed by atoms with Gasteiger partial charge in [-0.1, -0.05) is 12.1 Å². The van der Waals surface area contributed by atoms with Gasteiger partial charge in [-0.05, 0) is 47.5 Å². The molecule has 0 aliphatic rings. The van der Waals surface area contributed by atoms with Crippen LogP contribution in [-0.4, -0.2) is 49.5 Å². The minimum atomic E-state index is -1.00. The Bertz CT molecular complexity index is 891. The third-order valence-electron chi connectivity index (χ3n) is 4.19. The summed E-state index contributed by atoms with van der Waals surface area (Å²) in [6.45, 7) is 0.876. The van der Waals surface area contributed by atoms with Crippen LogP contribution in [0.1, 0.15) is 17.5 Å². The van der Waals surface area contributed by atoms with E-state index in [1.165, 1.54) is 12.2 Å². The van der Waals surface area contributed by atoms with Crippen LogP contribution in [0.3, 0.4) is 0 Å². The van der Waals surface area contributed by atoms with Crippen molar-refractivity contribution in [2.75, 3.05) is 37.9 Å². The predicted octanol–water partition coefficient (Wildman–Crippen LogP) is 3.81. The first-order valence-corrected chi connectivity index (χ1v) is 9.64. The summed E-state index contributed by atoms with van der Waals surface area (Å²) >= 11 is 0. The van der Waals surface area contributed by atoms with Gasteiger partial charge in [0.1, 0.15) is 11.5 Å². The molecule has 8 nitrogen and oxygen atoms in total. The summed E-state index contributed by atoms with van der Waals surface area (Å²) in [6, 6.07) is 10.8. The zero-order chi connectivity index (χ0) is 22.6. The molecule has 0 saturated carbocycles. The molecule has 4 N–H and O–H groups in total. The molecule has 0 amide bonds. The van der Waals surface area contributed by atoms with Crippen LogP contribution >= 0.6 is 0 Å². The van der Waals surface area contributed by atoms with E-state index in [4.69, 9.17) is 19.7 Å². The van der Waals surface area contributed by atoms with Crippen molar-refractivity contribution >= 4 is 35.5 Å². The number of hydrogen-bond donors (Lipinski definition) is 4. The van der Waals surface area contributed by atoms with Gasteiger partial charge in [-0.15, -0.1) is 0 Å². The highest BCUT2D eigenvalue weighted by atomic mass is 16.5. The topological polar surface area (TPSA) is 117 Å². The number of carboxylic acids is 2. The molecular formula is C23H26N2O6. The van der Waals surface area contributed by atoms with Crippen molar-refractivity contribution in [1.29, 1.82) is 0 Å². The Morgan fingerprint density at radius 1 is 0.806 bits per heavy atom. The fraction of sp³-hybridized carbons (Fsp3) is 0.217. The molecule has 0 atom stereocenters. The molecule has 0 heterocycles. The molecule has 0 fully saturated rings. The Balaban J connectivity index is 1.88. The van der Waals surface area contributed by atoms with Crippen LogP contribution in [0, 0.1) is 0 Å². The van der Waals surface area contributed by atoms with Gasteiger partial charge in [0.25, 0.3) is 0 Å². The van der Waals surface area contributed by atoms with Gasteiger partial charge >= 0.3 is 11.9 Å². The number of rotatable bonds is 12. The predicted molar refractivity (Wildman–Crippen MR) is 121 cm³/mol. The summed E-state index contributed by atoms with van der Waals surface area (Å²) in [5, 5.41) is 23.5. The second kappa shape index (κ2) is 11.9. The quantitative estimate of drug-likeness (QED) is 0.299. The van der Waals surface area contributed by atoms with Crippen molar-refractivity contribution in [3.8, 4) is 11.5 Å². The van der Waals surface area contributed by atoms with Gasteiger partial charge in [-0.3, -0.25) is 0 Å². The largest absolute Gasteiger partial charge is 0.491 e. The van der Waals surface area contributed by atoms with Gasteiger partial charge in [-0.2, -0.15) is 0 Å². The highest BCUT2D eigenvalue weighted by molar-refractivity contribution is 5.86. The van der Waals surface area contributed by atoms with Gasteiger partial charge in [0.15, 0.2) is 0 Å². The monoisotopic (exact) mass is 426 g/mol. The van der Waals surface area contributed by atoms with E-state index < -0.39 is 11.9 Å². The van der Waals surface area contributed by atoms with E-state index in [0.717, 1.165) is 34.7 Å². The Morgan fingerprint density at radius 2 is 1.23 bits per heavy atom. The van der Waals surface area contributed by atoms with Crippen molar-refractivity contribution < 1.29 is 29.3 Å². The summed E-state index contributed by atoms with van der Waals surface area (Å²) in [6.07, 6.45) is 5.85. The number of hydrogen-bond acceptors (Lipinski definition) is 6. The Kier molecular flexibility index (Phi) is 8.97. The van der Waals surface area contributed by atoms with E-state index in [-0.39, 0.29) is 0 Å². The number of nitrogens with one attached hydrogen (secondary N) is 2. The van der Waals surface area contributed by atoms with Crippen LogP contribution in [-0.2, 0) is 9.59 Å². The van der Waals surface area contributed by atoms with E-state index in [1.807, 2.05) is 12.1 Å². The van der Waals surface area contributed by atoms with Crippen LogP contribution < -0.4 is 20.1 Å². The number of aliphatic carboxylic acids is 2. The molecule has 2 aromatic rings. The second-order valence-electron chi connectivity index (χ2n) is 6.40. The van der Waals surface area contributed by atoms with Gasteiger partial charge in [0, 0.05) is 32.7 Å². The van der Waals surface area contributed by atoms with Gasteiger partial charge < -0.3 is 30.3 Å². The summed E-state index contributed by atoms with van der Waals surface area (Å²) in [4.78, 5) is 21.3. The summed E-state index contributed by atoms with van der Waals surface area (Å²) in [5.74, 6) is -0.667. The van der Waals surface area contributed by atoms with Gasteiger partial charge in [-0.25, -0.2) is 9.59 Å². The van der Waals surface area contributed by atoms with Crippen LogP contribution in [0.25, 0.3) is 12.2 Å². The lowest BCUT2D eigenvalue weighted by Crippen LogP contribution is -2.07. The van der Waals surface area contributed by atoms with Crippen molar-refractivity contribution in [2.24, 2.45) is 0 Å². The van der Waals surface area contributed by atoms with Crippen molar-refractivity contribution in [3.63, 3.8) is 0 Å². The average molecular weight is 426 g/mol. The second-order valence-corrected chi connectivity index (χ2v) is 6.40. The van der Waals surface area contributed by atoms with E-state index >= 15 is 0 Å². The van der Waals surface area contributed by atoms with Crippen molar-refractivity contribution in [1.82, 2.24) is 0 Å². The third-order valence-corrected chi connectivity index (χ3v) is 4.19. The molecule has 0 spiro atoms. The number of carboxylic acid groups (broad SMARTS) is 2. The van der Waals surface area contributed by atoms with Crippen LogP contribution in [0.2, 0.25) is 0 Å². The minimum absolute atomic E-state index is 0.438. The van der Waals surface area contributed by atoms with Crippen LogP contribution in [0.5, 0.6) is 11.5 Å². The molecule has 2 rings (SSSR count). The lowest BCUT2D eigenvalue weighted by Gasteiger charge is -2.14. The summed E-state index contributed by atoms with van der Waals surface area (Å²) < 4.78 is 11.6. The molecule has 2 aromatic carbocycles. The van der Waals surface area contributed by atoms with E-state index in [0.29, 0.717) is 31.1 Å². The van der Waals surface area contributed by atoms with E-state index in [2.05, 4.69) is 10.6 Å². The molecule has 31 heavy (non-hydrogen) atoms. The van der Waals surface area contributed by atoms with E-state index in [1.54, 1.807) is 38.4 Å². The van der Waals surface area contributed by atoms with Gasteiger partial charge in [0.2, 0.25) is 0 Å². The van der Waals surface area contributed by atoms with Crippen molar-refractivity contribution in [2.45, 2.75) is 6.42 Å². The maximum atomic E-state index is 10.6. The first kappa shape index (κ1) is 23.3. The number of anilines is 2. The Morgan fingerprint density at radius 3 is 1.58 bits per heavy atom. The number of benzene rings is 2. The fourth-order valence-corrected chi connectivity index (χ4v) is 2.70. The maximum Gasteiger partial charge on any atom is 0.328 e. The molecule has 0 aliphatic carbocycles. The third kappa shape index (κ3) is 7.77. The number of ether oxygens (including phenoxy) is 2. The number of carbonyl (C=O) groups is 2. The zero-order valence-electron chi connectivity index (χ0n) is 17.4. The SMILES string of the molecule is CNc1cc(C=CC(=O)O)ccc1OCCCOc1ccc(C=CC(=O)O)cc1NC. The Hall–Kier alpha value is -3.94. The molecule has 0 unspecified atom stereocenters. The lowest BCUT2D eigenvalue weighted by molar-refractivity contribution is -0.132. The molecular weight excluding hydrogens is 400 g/mol. The minimum Gasteiger partial charge on any atom is -0.491 e. The van der Waals surface area contributed by atoms with E-state index in [9.17, 15) is 9.59 Å². The summed E-state index contributed by atoms with van der Waals surface area (Å²) in [5.41, 5.74) is 3.03. The smallest absolute Gasteiger partial charge is 0.328 e. The standard InChI is InChI=1S/C23H26N2O6/c1-24-18-14-16(6-10-22(26)27)4-8-20(18)30-12-3-13-31-21-9-5-17(7-11-23(28)29)15-19(21)25-2/h4-11,14-15,24-25H,3,12-13H2,1-2H3,(H,26,27)(H,28,29). The van der Waals surface area contributed by atoms with Crippen LogP contribution in [0.4, 0.5) is 11.4 Å². The molecule has 8 heteroatoms. The normalized spacial score (nSPS) is 10.9.